The highest BCUT2D eigenvalue weighted by Crippen LogP contribution is 2.11. The number of nitrogens with one attached hydrogen (secondary N) is 1. The van der Waals surface area contributed by atoms with Gasteiger partial charge in [0.2, 0.25) is 0 Å². The summed E-state index contributed by atoms with van der Waals surface area (Å²) in [6, 6.07) is 8.02. The van der Waals surface area contributed by atoms with Crippen molar-refractivity contribution in [1.29, 1.82) is 0 Å². The van der Waals surface area contributed by atoms with Crippen LogP contribution >= 0.6 is 0 Å². The molecule has 0 aliphatic heterocycles. The third kappa shape index (κ3) is 6.62. The second-order valence-electron chi connectivity index (χ2n) is 4.36. The molecule has 0 aliphatic carbocycles. The van der Waals surface area contributed by atoms with Gasteiger partial charge in [0.15, 0.2) is 0 Å². The van der Waals surface area contributed by atoms with E-state index in [9.17, 15) is 0 Å². The molecule has 0 radical (unpaired) electrons. The van der Waals surface area contributed by atoms with Crippen LogP contribution in [0.3, 0.4) is 0 Å². The molecule has 1 aromatic rings. The van der Waals surface area contributed by atoms with Crippen molar-refractivity contribution in [2.24, 2.45) is 0 Å². The van der Waals surface area contributed by atoms with Gasteiger partial charge in [0.05, 0.1) is 13.7 Å². The van der Waals surface area contributed by atoms with Gasteiger partial charge in [0.1, 0.15) is 5.75 Å². The summed E-state index contributed by atoms with van der Waals surface area (Å²) >= 11 is 0. The number of methoxy groups -OCH3 is 1. The Morgan fingerprint density at radius 2 is 1.83 bits per heavy atom. The van der Waals surface area contributed by atoms with Gasteiger partial charge in [-0.25, -0.2) is 0 Å². The van der Waals surface area contributed by atoms with Crippen LogP contribution in [0.5, 0.6) is 5.75 Å². The SMILES string of the molecule is CCCNCCCCOCc1ccc(OC)cc1. The van der Waals surface area contributed by atoms with Crippen molar-refractivity contribution in [3.63, 3.8) is 0 Å². The van der Waals surface area contributed by atoms with Gasteiger partial charge in [0, 0.05) is 6.61 Å². The van der Waals surface area contributed by atoms with Gasteiger partial charge in [-0.05, 0) is 50.0 Å². The Morgan fingerprint density at radius 1 is 1.06 bits per heavy atom. The summed E-state index contributed by atoms with van der Waals surface area (Å²) < 4.78 is 10.7. The summed E-state index contributed by atoms with van der Waals surface area (Å²) in [5, 5.41) is 3.39. The number of ether oxygens (including phenoxy) is 2. The first-order valence-corrected chi connectivity index (χ1v) is 6.78. The first kappa shape index (κ1) is 15.0. The van der Waals surface area contributed by atoms with E-state index in [1.807, 2.05) is 24.3 Å². The number of hydrogen-bond acceptors (Lipinski definition) is 3. The summed E-state index contributed by atoms with van der Waals surface area (Å²) in [6.07, 6.45) is 3.50. The largest absolute Gasteiger partial charge is 0.497 e. The van der Waals surface area contributed by atoms with E-state index in [1.54, 1.807) is 7.11 Å². The Bertz CT molecular complexity index is 298. The molecule has 0 heterocycles. The number of hydrogen-bond donors (Lipinski definition) is 1. The second kappa shape index (κ2) is 9.92. The Balaban J connectivity index is 2.00. The molecule has 0 bridgehead atoms. The predicted octanol–water partition coefficient (Wildman–Crippen LogP) is 2.99. The van der Waals surface area contributed by atoms with Gasteiger partial charge < -0.3 is 14.8 Å². The normalized spacial score (nSPS) is 10.6. The van der Waals surface area contributed by atoms with Crippen LogP contribution in [0.1, 0.15) is 31.7 Å². The van der Waals surface area contributed by atoms with E-state index in [0.29, 0.717) is 6.61 Å². The molecule has 0 spiro atoms. The molecule has 1 aromatic carbocycles. The van der Waals surface area contributed by atoms with Crippen LogP contribution in [0.25, 0.3) is 0 Å². The molecule has 3 nitrogen and oxygen atoms in total. The quantitative estimate of drug-likeness (QED) is 0.648. The number of rotatable bonds is 10. The highest BCUT2D eigenvalue weighted by Gasteiger charge is 1.95. The van der Waals surface area contributed by atoms with E-state index < -0.39 is 0 Å². The van der Waals surface area contributed by atoms with Crippen molar-refractivity contribution in [2.45, 2.75) is 32.8 Å². The average molecular weight is 251 g/mol. The van der Waals surface area contributed by atoms with Crippen LogP contribution < -0.4 is 10.1 Å². The topological polar surface area (TPSA) is 30.5 Å². The van der Waals surface area contributed by atoms with Crippen molar-refractivity contribution in [2.75, 3.05) is 26.8 Å². The molecule has 0 saturated heterocycles. The Labute approximate surface area is 110 Å². The van der Waals surface area contributed by atoms with Gasteiger partial charge in [0.25, 0.3) is 0 Å². The molecule has 3 heteroatoms. The van der Waals surface area contributed by atoms with Crippen LogP contribution in [0.4, 0.5) is 0 Å². The summed E-state index contributed by atoms with van der Waals surface area (Å²) in [4.78, 5) is 0. The van der Waals surface area contributed by atoms with E-state index in [2.05, 4.69) is 12.2 Å². The third-order valence-electron chi connectivity index (χ3n) is 2.75. The Hall–Kier alpha value is -1.06. The van der Waals surface area contributed by atoms with E-state index in [0.717, 1.165) is 31.9 Å². The van der Waals surface area contributed by atoms with Gasteiger partial charge in [-0.2, -0.15) is 0 Å². The van der Waals surface area contributed by atoms with Crippen molar-refractivity contribution in [1.82, 2.24) is 5.32 Å². The lowest BCUT2D eigenvalue weighted by Gasteiger charge is -2.06. The molecule has 0 fully saturated rings. The van der Waals surface area contributed by atoms with Crippen molar-refractivity contribution in [3.05, 3.63) is 29.8 Å². The Morgan fingerprint density at radius 3 is 2.50 bits per heavy atom. The standard InChI is InChI=1S/C15H25NO2/c1-3-10-16-11-4-5-12-18-13-14-6-8-15(17-2)9-7-14/h6-9,16H,3-5,10-13H2,1-2H3. The minimum absolute atomic E-state index is 0.687. The lowest BCUT2D eigenvalue weighted by molar-refractivity contribution is 0.117. The van der Waals surface area contributed by atoms with Crippen LogP contribution in [-0.4, -0.2) is 26.8 Å². The van der Waals surface area contributed by atoms with Crippen LogP contribution in [-0.2, 0) is 11.3 Å². The molecule has 0 atom stereocenters. The van der Waals surface area contributed by atoms with Crippen molar-refractivity contribution < 1.29 is 9.47 Å². The highest BCUT2D eigenvalue weighted by atomic mass is 16.5. The molecule has 1 N–H and O–H groups in total. The fourth-order valence-electron chi connectivity index (χ4n) is 1.67. The lowest BCUT2D eigenvalue weighted by Crippen LogP contribution is -2.16. The maximum Gasteiger partial charge on any atom is 0.118 e. The molecular formula is C15H25NO2. The maximum atomic E-state index is 5.63. The molecule has 0 aromatic heterocycles. The lowest BCUT2D eigenvalue weighted by atomic mass is 10.2. The van der Waals surface area contributed by atoms with Crippen LogP contribution in [0, 0.1) is 0 Å². The molecule has 102 valence electrons. The fraction of sp³-hybridized carbons (Fsp3) is 0.600. The minimum Gasteiger partial charge on any atom is -0.497 e. The molecular weight excluding hydrogens is 226 g/mol. The molecule has 0 aliphatic rings. The zero-order valence-electron chi connectivity index (χ0n) is 11.6. The van der Waals surface area contributed by atoms with E-state index in [1.165, 1.54) is 18.4 Å². The molecule has 1 rings (SSSR count). The summed E-state index contributed by atoms with van der Waals surface area (Å²) in [5.41, 5.74) is 1.19. The third-order valence-corrected chi connectivity index (χ3v) is 2.75. The maximum absolute atomic E-state index is 5.63. The predicted molar refractivity (Wildman–Crippen MR) is 75.0 cm³/mol. The summed E-state index contributed by atoms with van der Waals surface area (Å²) in [7, 11) is 1.68. The van der Waals surface area contributed by atoms with Crippen molar-refractivity contribution >= 4 is 0 Å². The average Bonchev–Trinajstić information content (AvgIpc) is 2.42. The molecule has 18 heavy (non-hydrogen) atoms. The fourth-order valence-corrected chi connectivity index (χ4v) is 1.67. The molecule has 0 saturated carbocycles. The van der Waals surface area contributed by atoms with E-state index >= 15 is 0 Å². The molecule has 0 unspecified atom stereocenters. The first-order chi connectivity index (χ1) is 8.86. The summed E-state index contributed by atoms with van der Waals surface area (Å²) in [5.74, 6) is 0.890. The van der Waals surface area contributed by atoms with Gasteiger partial charge in [-0.3, -0.25) is 0 Å². The van der Waals surface area contributed by atoms with Crippen molar-refractivity contribution in [3.8, 4) is 5.75 Å². The summed E-state index contributed by atoms with van der Waals surface area (Å²) in [6.45, 7) is 5.92. The molecule has 0 amide bonds. The zero-order valence-corrected chi connectivity index (χ0v) is 11.6. The Kier molecular flexibility index (Phi) is 8.26. The first-order valence-electron chi connectivity index (χ1n) is 6.78. The number of unbranched alkanes of at least 4 members (excludes halogenated alkanes) is 1. The monoisotopic (exact) mass is 251 g/mol. The zero-order chi connectivity index (χ0) is 13.1. The van der Waals surface area contributed by atoms with Crippen LogP contribution in [0.2, 0.25) is 0 Å². The van der Waals surface area contributed by atoms with Gasteiger partial charge in [-0.15, -0.1) is 0 Å². The smallest absolute Gasteiger partial charge is 0.118 e. The van der Waals surface area contributed by atoms with Gasteiger partial charge >= 0.3 is 0 Å². The van der Waals surface area contributed by atoms with Crippen LogP contribution in [0.15, 0.2) is 24.3 Å². The van der Waals surface area contributed by atoms with E-state index in [-0.39, 0.29) is 0 Å². The highest BCUT2D eigenvalue weighted by molar-refractivity contribution is 5.26. The van der Waals surface area contributed by atoms with E-state index in [4.69, 9.17) is 9.47 Å². The number of benzene rings is 1. The van der Waals surface area contributed by atoms with Gasteiger partial charge in [-0.1, -0.05) is 19.1 Å². The minimum atomic E-state index is 0.687. The second-order valence-corrected chi connectivity index (χ2v) is 4.36.